The van der Waals surface area contributed by atoms with Crippen LogP contribution >= 0.6 is 11.6 Å². The minimum Gasteiger partial charge on any atom is -0.423 e. The van der Waals surface area contributed by atoms with Crippen LogP contribution < -0.4 is 10.4 Å². The third kappa shape index (κ3) is 4.00. The van der Waals surface area contributed by atoms with Crippen molar-refractivity contribution in [3.05, 3.63) is 80.9 Å². The number of ether oxygens (including phenoxy) is 1. The molecule has 0 spiro atoms. The fourth-order valence-electron chi connectivity index (χ4n) is 2.50. The van der Waals surface area contributed by atoms with Crippen LogP contribution in [0.4, 0.5) is 4.39 Å². The quantitative estimate of drug-likeness (QED) is 0.286. The van der Waals surface area contributed by atoms with Gasteiger partial charge in [0.15, 0.2) is 0 Å². The van der Waals surface area contributed by atoms with Gasteiger partial charge in [0.05, 0.1) is 5.02 Å². The summed E-state index contributed by atoms with van der Waals surface area (Å²) in [6, 6.07) is 10.4. The number of aryl methyl sites for hydroxylation is 1. The molecule has 3 aromatic rings. The van der Waals surface area contributed by atoms with E-state index in [9.17, 15) is 14.0 Å². The van der Waals surface area contributed by atoms with Gasteiger partial charge in [0.25, 0.3) is 0 Å². The number of esters is 1. The largest absolute Gasteiger partial charge is 0.423 e. The Morgan fingerprint density at radius 2 is 2.04 bits per heavy atom. The van der Waals surface area contributed by atoms with Crippen molar-refractivity contribution in [3.63, 3.8) is 0 Å². The van der Waals surface area contributed by atoms with Crippen LogP contribution in [0.1, 0.15) is 18.1 Å². The third-order valence-corrected chi connectivity index (χ3v) is 4.05. The molecule has 6 heteroatoms. The number of fused-ring (bicyclic) bond motifs is 1. The lowest BCUT2D eigenvalue weighted by atomic mass is 10.1. The van der Waals surface area contributed by atoms with E-state index in [4.69, 9.17) is 20.8 Å². The van der Waals surface area contributed by atoms with Gasteiger partial charge in [-0.05, 0) is 47.9 Å². The summed E-state index contributed by atoms with van der Waals surface area (Å²) in [5, 5.41) is 0.764. The number of halogens is 2. The van der Waals surface area contributed by atoms with E-state index < -0.39 is 17.4 Å². The fourth-order valence-corrected chi connectivity index (χ4v) is 2.69. The van der Waals surface area contributed by atoms with Gasteiger partial charge in [-0.25, -0.2) is 14.0 Å². The first kappa shape index (κ1) is 17.9. The van der Waals surface area contributed by atoms with Gasteiger partial charge in [-0.2, -0.15) is 0 Å². The summed E-state index contributed by atoms with van der Waals surface area (Å²) in [5.41, 5.74) is 1.33. The molecule has 1 aromatic heterocycles. The van der Waals surface area contributed by atoms with Crippen molar-refractivity contribution >= 4 is 34.6 Å². The Morgan fingerprint density at radius 1 is 1.23 bits per heavy atom. The number of carbonyl (C=O) groups is 1. The van der Waals surface area contributed by atoms with Crippen LogP contribution in [0.25, 0.3) is 17.0 Å². The Morgan fingerprint density at radius 3 is 2.77 bits per heavy atom. The van der Waals surface area contributed by atoms with Gasteiger partial charge in [-0.15, -0.1) is 0 Å². The maximum absolute atomic E-state index is 13.1. The molecule has 0 aliphatic carbocycles. The second kappa shape index (κ2) is 7.54. The Labute approximate surface area is 153 Å². The van der Waals surface area contributed by atoms with Crippen molar-refractivity contribution in [3.8, 4) is 5.75 Å². The van der Waals surface area contributed by atoms with Crippen molar-refractivity contribution in [1.82, 2.24) is 0 Å². The molecule has 1 heterocycles. The molecule has 0 N–H and O–H groups in total. The predicted molar refractivity (Wildman–Crippen MR) is 97.9 cm³/mol. The molecule has 4 nitrogen and oxygen atoms in total. The second-order valence-electron chi connectivity index (χ2n) is 5.53. The monoisotopic (exact) mass is 372 g/mol. The third-order valence-electron chi connectivity index (χ3n) is 3.76. The van der Waals surface area contributed by atoms with Crippen LogP contribution in [0.2, 0.25) is 5.02 Å². The summed E-state index contributed by atoms with van der Waals surface area (Å²) >= 11 is 5.69. The average Bonchev–Trinajstić information content (AvgIpc) is 2.61. The molecule has 0 aliphatic heterocycles. The summed E-state index contributed by atoms with van der Waals surface area (Å²) in [6.45, 7) is 1.94. The van der Waals surface area contributed by atoms with Crippen molar-refractivity contribution in [2.45, 2.75) is 13.3 Å². The highest BCUT2D eigenvalue weighted by Crippen LogP contribution is 2.23. The van der Waals surface area contributed by atoms with Crippen LogP contribution in [-0.2, 0) is 11.2 Å². The average molecular weight is 373 g/mol. The Kier molecular flexibility index (Phi) is 5.19. The molecule has 0 amide bonds. The Balaban J connectivity index is 1.79. The number of benzene rings is 2. The fraction of sp³-hybridized carbons (Fsp3) is 0.100. The molecule has 0 aliphatic rings. The van der Waals surface area contributed by atoms with Gasteiger partial charge < -0.3 is 9.15 Å². The lowest BCUT2D eigenvalue weighted by molar-refractivity contribution is -0.128. The van der Waals surface area contributed by atoms with E-state index in [2.05, 4.69) is 0 Å². The van der Waals surface area contributed by atoms with Crippen LogP contribution in [0.3, 0.4) is 0 Å². The molecule has 0 radical (unpaired) electrons. The number of carbonyl (C=O) groups excluding carboxylic acids is 1. The summed E-state index contributed by atoms with van der Waals surface area (Å²) in [4.78, 5) is 23.5. The van der Waals surface area contributed by atoms with E-state index in [0.717, 1.165) is 10.9 Å². The van der Waals surface area contributed by atoms with Gasteiger partial charge in [0, 0.05) is 23.6 Å². The van der Waals surface area contributed by atoms with Gasteiger partial charge in [-0.3, -0.25) is 0 Å². The van der Waals surface area contributed by atoms with E-state index in [1.165, 1.54) is 42.5 Å². The zero-order chi connectivity index (χ0) is 18.7. The number of hydrogen-bond acceptors (Lipinski definition) is 4. The zero-order valence-corrected chi connectivity index (χ0v) is 14.5. The number of rotatable bonds is 4. The van der Waals surface area contributed by atoms with E-state index >= 15 is 0 Å². The van der Waals surface area contributed by atoms with Crippen molar-refractivity contribution in [2.24, 2.45) is 0 Å². The number of hydrogen-bond donors (Lipinski definition) is 0. The van der Waals surface area contributed by atoms with E-state index in [1.807, 2.05) is 6.92 Å². The van der Waals surface area contributed by atoms with Crippen LogP contribution in [0, 0.1) is 5.82 Å². The van der Waals surface area contributed by atoms with Crippen molar-refractivity contribution < 1.29 is 18.3 Å². The molecule has 0 atom stereocenters. The van der Waals surface area contributed by atoms with Gasteiger partial charge in [0.2, 0.25) is 0 Å². The summed E-state index contributed by atoms with van der Waals surface area (Å²) in [6.07, 6.45) is 3.35. The smallest absolute Gasteiger partial charge is 0.336 e. The maximum Gasteiger partial charge on any atom is 0.336 e. The van der Waals surface area contributed by atoms with E-state index in [1.54, 1.807) is 12.1 Å². The lowest BCUT2D eigenvalue weighted by Crippen LogP contribution is -2.04. The summed E-state index contributed by atoms with van der Waals surface area (Å²) in [7, 11) is 0. The molecule has 0 saturated heterocycles. The first-order chi connectivity index (χ1) is 12.5. The minimum absolute atomic E-state index is 0.0307. The molecule has 132 valence electrons. The molecule has 0 saturated carbocycles. The van der Waals surface area contributed by atoms with Crippen LogP contribution in [0.5, 0.6) is 5.75 Å². The maximum atomic E-state index is 13.1. The molecule has 0 fully saturated rings. The molecule has 2 aromatic carbocycles. The summed E-state index contributed by atoms with van der Waals surface area (Å²) < 4.78 is 23.5. The normalized spacial score (nSPS) is 11.2. The molecular weight excluding hydrogens is 359 g/mol. The summed E-state index contributed by atoms with van der Waals surface area (Å²) in [5.74, 6) is -0.907. The molecule has 0 bridgehead atoms. The van der Waals surface area contributed by atoms with E-state index in [-0.39, 0.29) is 10.8 Å². The van der Waals surface area contributed by atoms with Crippen LogP contribution in [0.15, 0.2) is 57.8 Å². The Bertz CT molecular complexity index is 1070. The Hall–Kier alpha value is -2.92. The molecular formula is C20H14ClFO4. The highest BCUT2D eigenvalue weighted by molar-refractivity contribution is 6.30. The SMILES string of the molecule is CCc1cc(=O)oc2cc(OC(=O)/C=C/c3ccc(F)c(Cl)c3)ccc12. The second-order valence-corrected chi connectivity index (χ2v) is 5.94. The first-order valence-corrected chi connectivity index (χ1v) is 8.26. The van der Waals surface area contributed by atoms with Gasteiger partial charge in [-0.1, -0.05) is 24.6 Å². The molecule has 3 rings (SSSR count). The molecule has 26 heavy (non-hydrogen) atoms. The highest BCUT2D eigenvalue weighted by atomic mass is 35.5. The highest BCUT2D eigenvalue weighted by Gasteiger charge is 2.08. The van der Waals surface area contributed by atoms with Crippen molar-refractivity contribution in [2.75, 3.05) is 0 Å². The minimum atomic E-state index is -0.626. The lowest BCUT2D eigenvalue weighted by Gasteiger charge is -2.05. The van der Waals surface area contributed by atoms with Crippen molar-refractivity contribution in [1.29, 1.82) is 0 Å². The van der Waals surface area contributed by atoms with E-state index in [0.29, 0.717) is 17.6 Å². The standard InChI is InChI=1S/C20H14ClFO4/c1-2-13-10-20(24)26-18-11-14(5-6-15(13)18)25-19(23)8-4-12-3-7-17(22)16(21)9-12/h3-11H,2H2,1H3/b8-4+. The van der Waals surface area contributed by atoms with Gasteiger partial charge >= 0.3 is 11.6 Å². The first-order valence-electron chi connectivity index (χ1n) is 7.88. The predicted octanol–water partition coefficient (Wildman–Crippen LogP) is 4.77. The molecule has 0 unspecified atom stereocenters. The van der Waals surface area contributed by atoms with Crippen LogP contribution in [-0.4, -0.2) is 5.97 Å². The zero-order valence-electron chi connectivity index (χ0n) is 13.8. The van der Waals surface area contributed by atoms with Gasteiger partial charge in [0.1, 0.15) is 17.1 Å². The topological polar surface area (TPSA) is 56.5 Å².